The molecule has 4 nitrogen and oxygen atoms in total. The van der Waals surface area contributed by atoms with Crippen molar-refractivity contribution in [3.8, 4) is 6.07 Å². The van der Waals surface area contributed by atoms with Gasteiger partial charge in [0.2, 0.25) is 0 Å². The zero-order valence-electron chi connectivity index (χ0n) is 6.53. The lowest BCUT2D eigenvalue weighted by Crippen LogP contribution is -2.04. The standard InChI is InChI=1S/C7H8BrN3O/c1-11-5(4-7(8)10-11)6(12)2-3-9/h4,6,12H,2H2,1H3. The Morgan fingerprint density at radius 2 is 2.58 bits per heavy atom. The van der Waals surface area contributed by atoms with Crippen LogP contribution in [0.4, 0.5) is 0 Å². The molecular weight excluding hydrogens is 222 g/mol. The molecule has 5 heteroatoms. The Labute approximate surface area is 78.6 Å². The summed E-state index contributed by atoms with van der Waals surface area (Å²) in [6, 6.07) is 3.59. The van der Waals surface area contributed by atoms with Gasteiger partial charge in [-0.25, -0.2) is 0 Å². The minimum atomic E-state index is -0.751. The van der Waals surface area contributed by atoms with E-state index in [0.29, 0.717) is 10.3 Å². The number of halogens is 1. The lowest BCUT2D eigenvalue weighted by molar-refractivity contribution is 0.173. The molecule has 1 N–H and O–H groups in total. The maximum Gasteiger partial charge on any atom is 0.128 e. The van der Waals surface area contributed by atoms with E-state index in [1.807, 2.05) is 6.07 Å². The highest BCUT2D eigenvalue weighted by atomic mass is 79.9. The summed E-state index contributed by atoms with van der Waals surface area (Å²) in [5.41, 5.74) is 0.642. The van der Waals surface area contributed by atoms with Crippen LogP contribution in [0.2, 0.25) is 0 Å². The van der Waals surface area contributed by atoms with Crippen molar-refractivity contribution in [2.24, 2.45) is 7.05 Å². The molecule has 0 radical (unpaired) electrons. The predicted octanol–water partition coefficient (Wildman–Crippen LogP) is 1.13. The first-order valence-electron chi connectivity index (χ1n) is 3.39. The number of aliphatic hydroxyl groups is 1. The van der Waals surface area contributed by atoms with E-state index in [1.165, 1.54) is 0 Å². The largest absolute Gasteiger partial charge is 0.386 e. The summed E-state index contributed by atoms with van der Waals surface area (Å²) in [5, 5.41) is 21.7. The van der Waals surface area contributed by atoms with E-state index in [4.69, 9.17) is 5.26 Å². The second-order valence-electron chi connectivity index (χ2n) is 2.39. The van der Waals surface area contributed by atoms with Crippen molar-refractivity contribution >= 4 is 15.9 Å². The first-order chi connectivity index (χ1) is 5.65. The average Bonchev–Trinajstić information content (AvgIpc) is 2.30. The highest BCUT2D eigenvalue weighted by Crippen LogP contribution is 2.18. The maximum absolute atomic E-state index is 9.41. The Bertz CT molecular complexity index is 315. The molecule has 0 spiro atoms. The SMILES string of the molecule is Cn1nc(Br)cc1C(O)CC#N. The molecule has 1 unspecified atom stereocenters. The van der Waals surface area contributed by atoms with Crippen molar-refractivity contribution < 1.29 is 5.11 Å². The van der Waals surface area contributed by atoms with Crippen molar-refractivity contribution in [3.05, 3.63) is 16.4 Å². The van der Waals surface area contributed by atoms with E-state index in [2.05, 4.69) is 21.0 Å². The normalized spacial score (nSPS) is 12.5. The monoisotopic (exact) mass is 229 g/mol. The highest BCUT2D eigenvalue weighted by Gasteiger charge is 2.12. The van der Waals surface area contributed by atoms with E-state index >= 15 is 0 Å². The number of nitrogens with zero attached hydrogens (tertiary/aromatic N) is 3. The quantitative estimate of drug-likeness (QED) is 0.828. The van der Waals surface area contributed by atoms with E-state index < -0.39 is 6.10 Å². The first kappa shape index (κ1) is 9.23. The third kappa shape index (κ3) is 1.84. The maximum atomic E-state index is 9.41. The van der Waals surface area contributed by atoms with E-state index in [9.17, 15) is 5.11 Å². The van der Waals surface area contributed by atoms with Crippen LogP contribution in [0.3, 0.4) is 0 Å². The predicted molar refractivity (Wildman–Crippen MR) is 46.1 cm³/mol. The molecule has 1 rings (SSSR count). The van der Waals surface area contributed by atoms with Gasteiger partial charge in [-0.15, -0.1) is 0 Å². The molecule has 0 aromatic carbocycles. The zero-order valence-corrected chi connectivity index (χ0v) is 8.11. The molecule has 1 aromatic rings. The van der Waals surface area contributed by atoms with Gasteiger partial charge in [-0.05, 0) is 22.0 Å². The number of rotatable bonds is 2. The number of aromatic nitrogens is 2. The lowest BCUT2D eigenvalue weighted by Gasteiger charge is -2.05. The second-order valence-corrected chi connectivity index (χ2v) is 3.21. The third-order valence-corrected chi connectivity index (χ3v) is 1.90. The number of nitriles is 1. The van der Waals surface area contributed by atoms with Gasteiger partial charge < -0.3 is 5.11 Å². The molecule has 0 saturated carbocycles. The summed E-state index contributed by atoms with van der Waals surface area (Å²) >= 11 is 3.18. The van der Waals surface area contributed by atoms with Gasteiger partial charge in [0.05, 0.1) is 18.2 Å². The molecule has 12 heavy (non-hydrogen) atoms. The summed E-state index contributed by atoms with van der Waals surface area (Å²) in [5.74, 6) is 0. The molecule has 0 bridgehead atoms. The van der Waals surface area contributed by atoms with Crippen LogP contribution in [-0.4, -0.2) is 14.9 Å². The van der Waals surface area contributed by atoms with Gasteiger partial charge in [0.25, 0.3) is 0 Å². The Morgan fingerprint density at radius 1 is 1.92 bits per heavy atom. The van der Waals surface area contributed by atoms with Crippen LogP contribution >= 0.6 is 15.9 Å². The number of hydrogen-bond acceptors (Lipinski definition) is 3. The fraction of sp³-hybridized carbons (Fsp3) is 0.429. The summed E-state index contributed by atoms with van der Waals surface area (Å²) in [4.78, 5) is 0. The van der Waals surface area contributed by atoms with Gasteiger partial charge in [-0.2, -0.15) is 10.4 Å². The van der Waals surface area contributed by atoms with Crippen molar-refractivity contribution in [2.75, 3.05) is 0 Å². The molecule has 64 valence electrons. The Morgan fingerprint density at radius 3 is 3.00 bits per heavy atom. The fourth-order valence-electron chi connectivity index (χ4n) is 0.948. The smallest absolute Gasteiger partial charge is 0.128 e. The lowest BCUT2D eigenvalue weighted by atomic mass is 10.2. The molecule has 0 aliphatic rings. The first-order valence-corrected chi connectivity index (χ1v) is 4.19. The minimum Gasteiger partial charge on any atom is -0.386 e. The highest BCUT2D eigenvalue weighted by molar-refractivity contribution is 9.10. The molecule has 0 saturated heterocycles. The van der Waals surface area contributed by atoms with E-state index in [1.54, 1.807) is 17.8 Å². The van der Waals surface area contributed by atoms with Crippen LogP contribution in [0.1, 0.15) is 18.2 Å². The molecule has 1 aromatic heterocycles. The number of aryl methyl sites for hydroxylation is 1. The van der Waals surface area contributed by atoms with Crippen molar-refractivity contribution in [2.45, 2.75) is 12.5 Å². The number of aliphatic hydroxyl groups excluding tert-OH is 1. The topological polar surface area (TPSA) is 61.8 Å². The van der Waals surface area contributed by atoms with Gasteiger partial charge in [0.1, 0.15) is 10.7 Å². The van der Waals surface area contributed by atoms with Crippen LogP contribution in [-0.2, 0) is 7.05 Å². The van der Waals surface area contributed by atoms with Crippen molar-refractivity contribution in [3.63, 3.8) is 0 Å². The molecule has 0 aliphatic carbocycles. The Kier molecular flexibility index (Phi) is 2.84. The molecule has 0 fully saturated rings. The van der Waals surface area contributed by atoms with Gasteiger partial charge in [0.15, 0.2) is 0 Å². The minimum absolute atomic E-state index is 0.0893. The average molecular weight is 230 g/mol. The van der Waals surface area contributed by atoms with Crippen LogP contribution < -0.4 is 0 Å². The van der Waals surface area contributed by atoms with Crippen LogP contribution in [0.5, 0.6) is 0 Å². The third-order valence-electron chi connectivity index (χ3n) is 1.51. The molecule has 0 aliphatic heterocycles. The van der Waals surface area contributed by atoms with Crippen molar-refractivity contribution in [1.82, 2.24) is 9.78 Å². The van der Waals surface area contributed by atoms with E-state index in [-0.39, 0.29) is 6.42 Å². The van der Waals surface area contributed by atoms with Crippen LogP contribution in [0, 0.1) is 11.3 Å². The second kappa shape index (κ2) is 3.70. The van der Waals surface area contributed by atoms with Gasteiger partial charge in [-0.1, -0.05) is 0 Å². The van der Waals surface area contributed by atoms with Crippen molar-refractivity contribution in [1.29, 1.82) is 5.26 Å². The van der Waals surface area contributed by atoms with E-state index in [0.717, 1.165) is 0 Å². The van der Waals surface area contributed by atoms with Gasteiger partial charge in [-0.3, -0.25) is 4.68 Å². The Hall–Kier alpha value is -0.860. The Balaban J connectivity index is 2.88. The zero-order chi connectivity index (χ0) is 9.14. The van der Waals surface area contributed by atoms with Crippen LogP contribution in [0.15, 0.2) is 10.7 Å². The molecular formula is C7H8BrN3O. The summed E-state index contributed by atoms with van der Waals surface area (Å²) in [7, 11) is 1.72. The number of hydrogen-bond donors (Lipinski definition) is 1. The molecule has 1 atom stereocenters. The molecule has 0 amide bonds. The van der Waals surface area contributed by atoms with Crippen LogP contribution in [0.25, 0.3) is 0 Å². The molecule has 1 heterocycles. The summed E-state index contributed by atoms with van der Waals surface area (Å²) in [6.45, 7) is 0. The van der Waals surface area contributed by atoms with Gasteiger partial charge in [0, 0.05) is 7.05 Å². The summed E-state index contributed by atoms with van der Waals surface area (Å²) < 4.78 is 2.21. The fourth-order valence-corrected chi connectivity index (χ4v) is 1.42. The van der Waals surface area contributed by atoms with Gasteiger partial charge >= 0.3 is 0 Å². The summed E-state index contributed by atoms with van der Waals surface area (Å²) in [6.07, 6.45) is -0.662.